The smallest absolute Gasteiger partial charge is 0.234 e. The summed E-state index contributed by atoms with van der Waals surface area (Å²) in [5.74, 6) is -0.335. The molecular weight excluding hydrogens is 261 g/mol. The summed E-state index contributed by atoms with van der Waals surface area (Å²) in [4.78, 5) is 12.3. The fraction of sp³-hybridized carbons (Fsp3) is 0.429. The van der Waals surface area contributed by atoms with Crippen LogP contribution >= 0.6 is 0 Å². The van der Waals surface area contributed by atoms with E-state index >= 15 is 0 Å². The highest BCUT2D eigenvalue weighted by molar-refractivity contribution is 6.07. The van der Waals surface area contributed by atoms with Crippen LogP contribution in [-0.2, 0) is 11.3 Å². The van der Waals surface area contributed by atoms with E-state index in [1.807, 2.05) is 6.92 Å². The highest BCUT2D eigenvalue weighted by Gasteiger charge is 2.52. The van der Waals surface area contributed by atoms with Gasteiger partial charge in [0.2, 0.25) is 5.91 Å². The molecule has 5 nitrogen and oxygen atoms in total. The first kappa shape index (κ1) is 14.3. The van der Waals surface area contributed by atoms with Crippen molar-refractivity contribution in [2.75, 3.05) is 0 Å². The molecule has 1 aliphatic rings. The van der Waals surface area contributed by atoms with Gasteiger partial charge in [-0.05, 0) is 36.5 Å². The average molecular weight is 279 g/mol. The van der Waals surface area contributed by atoms with E-state index in [-0.39, 0.29) is 24.1 Å². The van der Waals surface area contributed by atoms with Gasteiger partial charge in [-0.25, -0.2) is 4.39 Å². The highest BCUT2D eigenvalue weighted by Crippen LogP contribution is 2.45. The number of halogens is 1. The molecule has 6 heteroatoms. The van der Waals surface area contributed by atoms with Crippen LogP contribution in [0, 0.1) is 17.2 Å². The van der Waals surface area contributed by atoms with Crippen molar-refractivity contribution in [1.82, 2.24) is 5.32 Å². The van der Waals surface area contributed by atoms with E-state index in [4.69, 9.17) is 10.9 Å². The van der Waals surface area contributed by atoms with Gasteiger partial charge in [-0.15, -0.1) is 0 Å². The summed E-state index contributed by atoms with van der Waals surface area (Å²) in [6.45, 7) is 2.22. The van der Waals surface area contributed by atoms with Crippen LogP contribution in [0.2, 0.25) is 0 Å². The molecule has 1 aliphatic carbocycles. The number of oxime groups is 1. The fourth-order valence-electron chi connectivity index (χ4n) is 2.73. The maximum Gasteiger partial charge on any atom is 0.234 e. The molecule has 0 atom stereocenters. The molecule has 1 fully saturated rings. The Morgan fingerprint density at radius 3 is 2.85 bits per heavy atom. The lowest BCUT2D eigenvalue weighted by molar-refractivity contribution is -0.133. The van der Waals surface area contributed by atoms with Gasteiger partial charge >= 0.3 is 0 Å². The van der Waals surface area contributed by atoms with Crippen molar-refractivity contribution in [3.63, 3.8) is 0 Å². The van der Waals surface area contributed by atoms with E-state index < -0.39 is 5.41 Å². The third-order valence-corrected chi connectivity index (χ3v) is 3.77. The van der Waals surface area contributed by atoms with E-state index in [9.17, 15) is 9.18 Å². The van der Waals surface area contributed by atoms with E-state index in [1.165, 1.54) is 12.1 Å². The summed E-state index contributed by atoms with van der Waals surface area (Å²) in [5, 5.41) is 14.5. The quantitative estimate of drug-likeness (QED) is 0.338. The zero-order chi connectivity index (χ0) is 14.8. The fourth-order valence-corrected chi connectivity index (χ4v) is 2.73. The number of nitrogens with zero attached hydrogens (tertiary/aromatic N) is 1. The van der Waals surface area contributed by atoms with Crippen LogP contribution in [0.25, 0.3) is 0 Å². The van der Waals surface area contributed by atoms with Crippen molar-refractivity contribution >= 4 is 11.7 Å². The summed E-state index contributed by atoms with van der Waals surface area (Å²) in [5.41, 5.74) is 5.39. The first-order chi connectivity index (χ1) is 9.48. The van der Waals surface area contributed by atoms with Crippen LogP contribution in [0.3, 0.4) is 0 Å². The predicted octanol–water partition coefficient (Wildman–Crippen LogP) is 1.60. The van der Waals surface area contributed by atoms with Gasteiger partial charge in [-0.1, -0.05) is 24.2 Å². The topological polar surface area (TPSA) is 87.7 Å². The monoisotopic (exact) mass is 279 g/mol. The van der Waals surface area contributed by atoms with Crippen molar-refractivity contribution < 1.29 is 14.4 Å². The number of hydrogen-bond acceptors (Lipinski definition) is 3. The van der Waals surface area contributed by atoms with Gasteiger partial charge in [-0.2, -0.15) is 0 Å². The Bertz CT molecular complexity index is 539. The minimum absolute atomic E-state index is 0.0626. The maximum absolute atomic E-state index is 13.1. The van der Waals surface area contributed by atoms with Gasteiger partial charge in [-0.3, -0.25) is 4.79 Å². The van der Waals surface area contributed by atoms with Crippen LogP contribution in [0.5, 0.6) is 0 Å². The molecule has 1 aromatic rings. The third kappa shape index (κ3) is 2.59. The summed E-state index contributed by atoms with van der Waals surface area (Å²) >= 11 is 0. The minimum atomic E-state index is -0.929. The molecule has 20 heavy (non-hydrogen) atoms. The molecule has 0 heterocycles. The van der Waals surface area contributed by atoms with Gasteiger partial charge in [0.1, 0.15) is 11.2 Å². The standard InChI is InChI=1S/C14H18FN3O2/c1-9-6-14(7-9,12(16)18-20)13(19)17-8-10-3-2-4-11(15)5-10/h2-5,9,20H,6-8H2,1H3,(H2,16,18)(H,17,19). The van der Waals surface area contributed by atoms with Crippen LogP contribution in [0.1, 0.15) is 25.3 Å². The molecule has 1 aromatic carbocycles. The normalized spacial score (nSPS) is 25.9. The van der Waals surface area contributed by atoms with Crippen LogP contribution in [-0.4, -0.2) is 17.0 Å². The Labute approximate surface area is 116 Å². The molecule has 2 rings (SSSR count). The van der Waals surface area contributed by atoms with E-state index in [0.29, 0.717) is 24.3 Å². The van der Waals surface area contributed by atoms with Crippen LogP contribution in [0.4, 0.5) is 4.39 Å². The molecule has 0 saturated heterocycles. The van der Waals surface area contributed by atoms with Crippen molar-refractivity contribution in [2.45, 2.75) is 26.3 Å². The van der Waals surface area contributed by atoms with Crippen molar-refractivity contribution in [1.29, 1.82) is 0 Å². The first-order valence-electron chi connectivity index (χ1n) is 6.48. The Balaban J connectivity index is 2.04. The van der Waals surface area contributed by atoms with Crippen molar-refractivity contribution in [3.8, 4) is 0 Å². The lowest BCUT2D eigenvalue weighted by atomic mass is 9.61. The summed E-state index contributed by atoms with van der Waals surface area (Å²) in [7, 11) is 0. The number of hydrogen-bond donors (Lipinski definition) is 3. The second-order valence-corrected chi connectivity index (χ2v) is 5.39. The maximum atomic E-state index is 13.1. The van der Waals surface area contributed by atoms with E-state index in [2.05, 4.69) is 10.5 Å². The summed E-state index contributed by atoms with van der Waals surface area (Å²) in [6, 6.07) is 6.02. The van der Waals surface area contributed by atoms with Crippen molar-refractivity contribution in [2.24, 2.45) is 22.2 Å². The highest BCUT2D eigenvalue weighted by atomic mass is 19.1. The second-order valence-electron chi connectivity index (χ2n) is 5.39. The molecule has 0 spiro atoms. The summed E-state index contributed by atoms with van der Waals surface area (Å²) in [6.07, 6.45) is 1.11. The van der Waals surface area contributed by atoms with Gasteiger partial charge in [0.05, 0.1) is 0 Å². The number of nitrogens with one attached hydrogen (secondary N) is 1. The zero-order valence-electron chi connectivity index (χ0n) is 11.3. The lowest BCUT2D eigenvalue weighted by Gasteiger charge is -2.43. The van der Waals surface area contributed by atoms with E-state index in [1.54, 1.807) is 12.1 Å². The molecule has 0 aromatic heterocycles. The number of amides is 1. The molecule has 1 amide bonds. The molecule has 108 valence electrons. The Morgan fingerprint density at radius 2 is 2.30 bits per heavy atom. The largest absolute Gasteiger partial charge is 0.409 e. The number of carbonyl (C=O) groups excluding carboxylic acids is 1. The first-order valence-corrected chi connectivity index (χ1v) is 6.48. The number of rotatable bonds is 4. The lowest BCUT2D eigenvalue weighted by Crippen LogP contribution is -2.56. The van der Waals surface area contributed by atoms with Gasteiger partial charge in [0.25, 0.3) is 0 Å². The second kappa shape index (κ2) is 5.48. The Hall–Kier alpha value is -2.11. The Morgan fingerprint density at radius 1 is 1.60 bits per heavy atom. The molecule has 0 unspecified atom stereocenters. The molecule has 0 radical (unpaired) electrons. The Kier molecular flexibility index (Phi) is 3.92. The predicted molar refractivity (Wildman–Crippen MR) is 72.5 cm³/mol. The summed E-state index contributed by atoms with van der Waals surface area (Å²) < 4.78 is 13.1. The number of nitrogens with two attached hydrogens (primary N) is 1. The number of amidine groups is 1. The molecule has 0 bridgehead atoms. The van der Waals surface area contributed by atoms with Gasteiger partial charge in [0.15, 0.2) is 5.84 Å². The minimum Gasteiger partial charge on any atom is -0.409 e. The molecule has 0 aliphatic heterocycles. The number of carbonyl (C=O) groups is 1. The zero-order valence-corrected chi connectivity index (χ0v) is 11.3. The SMILES string of the molecule is CC1CC(C(=O)NCc2cccc(F)c2)(/C(N)=N/O)C1. The molecule has 4 N–H and O–H groups in total. The van der Waals surface area contributed by atoms with Gasteiger partial charge < -0.3 is 16.3 Å². The van der Waals surface area contributed by atoms with Gasteiger partial charge in [0, 0.05) is 6.54 Å². The number of benzene rings is 1. The van der Waals surface area contributed by atoms with Crippen molar-refractivity contribution in [3.05, 3.63) is 35.6 Å². The average Bonchev–Trinajstić information content (AvgIpc) is 2.40. The molecular formula is C14H18FN3O2. The molecule has 1 saturated carbocycles. The van der Waals surface area contributed by atoms with Crippen LogP contribution in [0.15, 0.2) is 29.4 Å². The third-order valence-electron chi connectivity index (χ3n) is 3.77. The van der Waals surface area contributed by atoms with E-state index in [0.717, 1.165) is 0 Å². The van der Waals surface area contributed by atoms with Crippen LogP contribution < -0.4 is 11.1 Å².